The third kappa shape index (κ3) is 2.80. The third-order valence-electron chi connectivity index (χ3n) is 3.89. The maximum Gasteiger partial charge on any atom is 0.274 e. The number of benzene rings is 1. The van der Waals surface area contributed by atoms with Crippen molar-refractivity contribution in [2.75, 3.05) is 11.9 Å². The zero-order chi connectivity index (χ0) is 15.6. The lowest BCUT2D eigenvalue weighted by Crippen LogP contribution is -2.13. The Morgan fingerprint density at radius 3 is 3.04 bits per heavy atom. The van der Waals surface area contributed by atoms with Gasteiger partial charge >= 0.3 is 0 Å². The van der Waals surface area contributed by atoms with Gasteiger partial charge in [0.1, 0.15) is 17.6 Å². The quantitative estimate of drug-likeness (QED) is 0.779. The number of rotatable bonds is 3. The van der Waals surface area contributed by atoms with Crippen LogP contribution in [0.15, 0.2) is 42.6 Å². The van der Waals surface area contributed by atoms with E-state index in [0.29, 0.717) is 11.4 Å². The van der Waals surface area contributed by atoms with Gasteiger partial charge < -0.3 is 15.0 Å². The van der Waals surface area contributed by atoms with Crippen molar-refractivity contribution in [1.82, 2.24) is 15.0 Å². The van der Waals surface area contributed by atoms with Gasteiger partial charge in [0.05, 0.1) is 11.0 Å². The van der Waals surface area contributed by atoms with E-state index in [1.165, 1.54) is 0 Å². The second-order valence-electron chi connectivity index (χ2n) is 5.52. The van der Waals surface area contributed by atoms with E-state index >= 15 is 0 Å². The molecule has 0 saturated carbocycles. The molecule has 1 aromatic carbocycles. The fourth-order valence-electron chi connectivity index (χ4n) is 2.75. The van der Waals surface area contributed by atoms with Crippen LogP contribution in [0.4, 0.5) is 5.69 Å². The molecule has 116 valence electrons. The summed E-state index contributed by atoms with van der Waals surface area (Å²) < 4.78 is 5.65. The molecular formula is C17H16N4O2. The Kier molecular flexibility index (Phi) is 3.51. The largest absolute Gasteiger partial charge is 0.370 e. The molecule has 1 atom stereocenters. The normalized spacial score (nSPS) is 17.5. The van der Waals surface area contributed by atoms with Crippen LogP contribution in [0.1, 0.15) is 35.3 Å². The van der Waals surface area contributed by atoms with Gasteiger partial charge in [-0.05, 0) is 43.2 Å². The zero-order valence-electron chi connectivity index (χ0n) is 12.5. The molecule has 0 spiro atoms. The third-order valence-corrected chi connectivity index (χ3v) is 3.89. The fourth-order valence-corrected chi connectivity index (χ4v) is 2.75. The standard InChI is InChI=1S/C17H16N4O2/c22-17(13-4-1-2-8-18-13)19-11-6-7-12-14(10-11)21-16(20-12)15-5-3-9-23-15/h1-2,4,6-8,10,15H,3,5,9H2,(H,19,22)(H,20,21). The molecule has 1 amide bonds. The number of ether oxygens (including phenoxy) is 1. The Morgan fingerprint density at radius 2 is 2.26 bits per heavy atom. The minimum atomic E-state index is -0.233. The molecule has 1 unspecified atom stereocenters. The lowest BCUT2D eigenvalue weighted by Gasteiger charge is -2.04. The monoisotopic (exact) mass is 308 g/mol. The van der Waals surface area contributed by atoms with Crippen molar-refractivity contribution in [3.63, 3.8) is 0 Å². The van der Waals surface area contributed by atoms with E-state index in [1.54, 1.807) is 24.4 Å². The summed E-state index contributed by atoms with van der Waals surface area (Å²) in [6.45, 7) is 0.785. The number of nitrogens with zero attached hydrogens (tertiary/aromatic N) is 2. The first-order valence-corrected chi connectivity index (χ1v) is 7.63. The van der Waals surface area contributed by atoms with Crippen LogP contribution in [0.5, 0.6) is 0 Å². The van der Waals surface area contributed by atoms with Crippen molar-refractivity contribution in [3.8, 4) is 0 Å². The number of aromatic amines is 1. The number of aromatic nitrogens is 3. The molecule has 0 bridgehead atoms. The van der Waals surface area contributed by atoms with Crippen LogP contribution in [0.2, 0.25) is 0 Å². The highest BCUT2D eigenvalue weighted by atomic mass is 16.5. The Hall–Kier alpha value is -2.73. The summed E-state index contributed by atoms with van der Waals surface area (Å²) in [5.41, 5.74) is 2.84. The van der Waals surface area contributed by atoms with E-state index < -0.39 is 0 Å². The van der Waals surface area contributed by atoms with Crippen LogP contribution < -0.4 is 5.32 Å². The second-order valence-corrected chi connectivity index (χ2v) is 5.52. The molecule has 6 nitrogen and oxygen atoms in total. The van der Waals surface area contributed by atoms with Crippen molar-refractivity contribution >= 4 is 22.6 Å². The van der Waals surface area contributed by atoms with Crippen LogP contribution in [0.3, 0.4) is 0 Å². The maximum absolute atomic E-state index is 12.1. The van der Waals surface area contributed by atoms with E-state index in [2.05, 4.69) is 20.3 Å². The molecule has 3 aromatic rings. The summed E-state index contributed by atoms with van der Waals surface area (Å²) in [5.74, 6) is 0.620. The molecule has 1 aliphatic rings. The van der Waals surface area contributed by atoms with Gasteiger partial charge in [-0.1, -0.05) is 6.07 Å². The number of carbonyl (C=O) groups excluding carboxylic acids is 1. The fraction of sp³-hybridized carbons (Fsp3) is 0.235. The van der Waals surface area contributed by atoms with E-state index in [9.17, 15) is 4.79 Å². The van der Waals surface area contributed by atoms with Crippen molar-refractivity contribution in [3.05, 3.63) is 54.1 Å². The molecule has 1 saturated heterocycles. The molecule has 0 radical (unpaired) electrons. The number of hydrogen-bond acceptors (Lipinski definition) is 4. The van der Waals surface area contributed by atoms with Gasteiger partial charge in [-0.2, -0.15) is 0 Å². The minimum Gasteiger partial charge on any atom is -0.370 e. The van der Waals surface area contributed by atoms with Crippen molar-refractivity contribution in [2.45, 2.75) is 18.9 Å². The van der Waals surface area contributed by atoms with Gasteiger partial charge in [-0.15, -0.1) is 0 Å². The number of amides is 1. The number of carbonyl (C=O) groups is 1. The molecule has 1 aliphatic heterocycles. The summed E-state index contributed by atoms with van der Waals surface area (Å²) in [7, 11) is 0. The van der Waals surface area contributed by atoms with Crippen molar-refractivity contribution in [2.24, 2.45) is 0 Å². The lowest BCUT2D eigenvalue weighted by atomic mass is 10.2. The van der Waals surface area contributed by atoms with Crippen LogP contribution in [-0.4, -0.2) is 27.5 Å². The van der Waals surface area contributed by atoms with Crippen molar-refractivity contribution < 1.29 is 9.53 Å². The maximum atomic E-state index is 12.1. The second kappa shape index (κ2) is 5.81. The minimum absolute atomic E-state index is 0.0500. The topological polar surface area (TPSA) is 79.9 Å². The molecule has 2 aromatic heterocycles. The Balaban J connectivity index is 1.57. The highest BCUT2D eigenvalue weighted by Gasteiger charge is 2.21. The SMILES string of the molecule is O=C(Nc1ccc2nc(C3CCCO3)[nH]c2c1)c1ccccn1. The highest BCUT2D eigenvalue weighted by Crippen LogP contribution is 2.28. The predicted octanol–water partition coefficient (Wildman–Crippen LogP) is 3.06. The molecule has 2 N–H and O–H groups in total. The van der Waals surface area contributed by atoms with Gasteiger partial charge in [-0.3, -0.25) is 9.78 Å². The van der Waals surface area contributed by atoms with Gasteiger partial charge in [0, 0.05) is 18.5 Å². The number of hydrogen-bond donors (Lipinski definition) is 2. The number of nitrogens with one attached hydrogen (secondary N) is 2. The number of fused-ring (bicyclic) bond motifs is 1. The smallest absolute Gasteiger partial charge is 0.274 e. The molecule has 3 heterocycles. The number of anilines is 1. The average Bonchev–Trinajstić information content (AvgIpc) is 3.24. The summed E-state index contributed by atoms with van der Waals surface area (Å²) in [4.78, 5) is 24.0. The molecule has 6 heteroatoms. The number of pyridine rings is 1. The summed E-state index contributed by atoms with van der Waals surface area (Å²) >= 11 is 0. The van der Waals surface area contributed by atoms with E-state index in [1.807, 2.05) is 18.2 Å². The van der Waals surface area contributed by atoms with Gasteiger partial charge in [0.2, 0.25) is 0 Å². The first kappa shape index (κ1) is 13.9. The molecule has 1 fully saturated rings. The van der Waals surface area contributed by atoms with Crippen molar-refractivity contribution in [1.29, 1.82) is 0 Å². The highest BCUT2D eigenvalue weighted by molar-refractivity contribution is 6.03. The van der Waals surface area contributed by atoms with Crippen LogP contribution in [-0.2, 0) is 4.74 Å². The number of imidazole rings is 1. The van der Waals surface area contributed by atoms with Gasteiger partial charge in [0.15, 0.2) is 0 Å². The van der Waals surface area contributed by atoms with Gasteiger partial charge in [0.25, 0.3) is 5.91 Å². The molecule has 0 aliphatic carbocycles. The van der Waals surface area contributed by atoms with E-state index in [0.717, 1.165) is 36.3 Å². The van der Waals surface area contributed by atoms with E-state index in [-0.39, 0.29) is 12.0 Å². The Morgan fingerprint density at radius 1 is 1.30 bits per heavy atom. The van der Waals surface area contributed by atoms with Gasteiger partial charge in [-0.25, -0.2) is 4.98 Å². The van der Waals surface area contributed by atoms with Crippen LogP contribution in [0.25, 0.3) is 11.0 Å². The summed E-state index contributed by atoms with van der Waals surface area (Å²) in [5, 5.41) is 2.85. The van der Waals surface area contributed by atoms with E-state index in [4.69, 9.17) is 4.74 Å². The average molecular weight is 308 g/mol. The lowest BCUT2D eigenvalue weighted by molar-refractivity contribution is 0.102. The number of H-pyrrole nitrogens is 1. The zero-order valence-corrected chi connectivity index (χ0v) is 12.5. The predicted molar refractivity (Wildman–Crippen MR) is 86.2 cm³/mol. The summed E-state index contributed by atoms with van der Waals surface area (Å²) in [6, 6.07) is 10.8. The van der Waals surface area contributed by atoms with Crippen LogP contribution >= 0.6 is 0 Å². The summed E-state index contributed by atoms with van der Waals surface area (Å²) in [6.07, 6.45) is 3.70. The Labute approximate surface area is 132 Å². The first-order valence-electron chi connectivity index (χ1n) is 7.63. The molecular weight excluding hydrogens is 292 g/mol. The molecule has 4 rings (SSSR count). The van der Waals surface area contributed by atoms with Crippen LogP contribution in [0, 0.1) is 0 Å². The Bertz CT molecular complexity index is 838. The molecule has 23 heavy (non-hydrogen) atoms. The first-order chi connectivity index (χ1) is 11.3.